The zero-order valence-electron chi connectivity index (χ0n) is 11.5. The molecule has 1 heterocycles. The van der Waals surface area contributed by atoms with Crippen molar-refractivity contribution >= 4 is 17.9 Å². The molecule has 0 bridgehead atoms. The average Bonchev–Trinajstić information content (AvgIpc) is 2.82. The van der Waals surface area contributed by atoms with Crippen LogP contribution < -0.4 is 4.90 Å². The monoisotopic (exact) mass is 256 g/mol. The summed E-state index contributed by atoms with van der Waals surface area (Å²) >= 11 is 0. The molecule has 0 unspecified atom stereocenters. The van der Waals surface area contributed by atoms with Gasteiger partial charge in [0, 0.05) is 7.44 Å². The molecule has 0 aliphatic rings. The van der Waals surface area contributed by atoms with Gasteiger partial charge in [-0.15, -0.1) is 0 Å². The summed E-state index contributed by atoms with van der Waals surface area (Å²) in [5, 5.41) is 9.03. The lowest BCUT2D eigenvalue weighted by Gasteiger charge is -2.27. The minimum absolute atomic E-state index is 0.0840. The largest absolute Gasteiger partial charge is 0.480 e. The van der Waals surface area contributed by atoms with Crippen LogP contribution in [0.5, 0.6) is 0 Å². The molecule has 1 aromatic rings. The summed E-state index contributed by atoms with van der Waals surface area (Å²) in [6, 6.07) is 1.87. The molecule has 1 aromatic heterocycles. The van der Waals surface area contributed by atoms with Crippen LogP contribution in [0.4, 0.5) is 10.7 Å². The van der Waals surface area contributed by atoms with E-state index in [0.717, 1.165) is 4.90 Å². The molecule has 0 aromatic carbocycles. The molecule has 6 heteroatoms. The number of carbonyl (C=O) groups excluding carboxylic acids is 1. The van der Waals surface area contributed by atoms with Crippen LogP contribution in [0.2, 0.25) is 0 Å². The quantitative estimate of drug-likeness (QED) is 0.898. The molecule has 6 nitrogen and oxygen atoms in total. The van der Waals surface area contributed by atoms with Crippen molar-refractivity contribution in [3.8, 4) is 0 Å². The van der Waals surface area contributed by atoms with Gasteiger partial charge < -0.3 is 14.3 Å². The maximum atomic E-state index is 12.1. The van der Waals surface area contributed by atoms with Crippen molar-refractivity contribution in [3.05, 3.63) is 18.4 Å². The Labute approximate surface area is 107 Å². The number of rotatable bonds is 3. The van der Waals surface area contributed by atoms with Crippen molar-refractivity contribution < 1.29 is 25.2 Å². The van der Waals surface area contributed by atoms with Crippen molar-refractivity contribution in [2.24, 2.45) is 0 Å². The van der Waals surface area contributed by atoms with Crippen LogP contribution >= 0.6 is 0 Å². The lowest BCUT2D eigenvalue weighted by atomic mass is 10.2. The van der Waals surface area contributed by atoms with E-state index >= 15 is 0 Å². The van der Waals surface area contributed by atoms with Gasteiger partial charge in [-0.05, 0) is 33.7 Å². The molecule has 0 aliphatic heterocycles. The third-order valence-electron chi connectivity index (χ3n) is 2.05. The molecule has 0 saturated carbocycles. The van der Waals surface area contributed by atoms with Gasteiger partial charge in [0.15, 0.2) is 0 Å². The first-order valence-corrected chi connectivity index (χ1v) is 5.36. The number of anilines is 1. The molecular formula is C12H17NO5. The lowest BCUT2D eigenvalue weighted by molar-refractivity contribution is -0.138. The Kier molecular flexibility index (Phi) is 3.55. The van der Waals surface area contributed by atoms with E-state index in [1.807, 2.05) is 0 Å². The predicted molar refractivity (Wildman–Crippen MR) is 64.5 cm³/mol. The zero-order valence-corrected chi connectivity index (χ0v) is 10.5. The third kappa shape index (κ3) is 3.51. The third-order valence-corrected chi connectivity index (χ3v) is 2.05. The number of nitrogens with zero attached hydrogens (tertiary/aromatic N) is 1. The van der Waals surface area contributed by atoms with Crippen LogP contribution in [-0.4, -0.2) is 28.8 Å². The second-order valence-electron chi connectivity index (χ2n) is 4.46. The van der Waals surface area contributed by atoms with Crippen molar-refractivity contribution in [3.63, 3.8) is 0 Å². The molecule has 0 spiro atoms. The van der Waals surface area contributed by atoms with Crippen molar-refractivity contribution in [2.75, 3.05) is 4.90 Å². The second kappa shape index (κ2) is 5.12. The van der Waals surface area contributed by atoms with Crippen LogP contribution in [0.1, 0.15) is 29.0 Å². The van der Waals surface area contributed by atoms with Gasteiger partial charge in [0.2, 0.25) is 5.88 Å². The van der Waals surface area contributed by atoms with Gasteiger partial charge in [-0.3, -0.25) is 0 Å². The number of furan rings is 1. The zero-order chi connectivity index (χ0) is 14.6. The maximum absolute atomic E-state index is 12.1. The van der Waals surface area contributed by atoms with Gasteiger partial charge in [-0.2, -0.15) is 0 Å². The van der Waals surface area contributed by atoms with E-state index in [1.165, 1.54) is 19.3 Å². The molecule has 0 aliphatic carbocycles. The minimum atomic E-state index is -1.18. The predicted octanol–water partition coefficient (Wildman–Crippen LogP) is 2.49. The highest BCUT2D eigenvalue weighted by Gasteiger charge is 2.32. The summed E-state index contributed by atoms with van der Waals surface area (Å²) in [5.74, 6) is -1.10. The van der Waals surface area contributed by atoms with Crippen LogP contribution in [0, 0.1) is 0 Å². The number of carbonyl (C=O) groups is 2. The molecule has 0 radical (unpaired) electrons. The summed E-state index contributed by atoms with van der Waals surface area (Å²) in [5.41, 5.74) is -1.000. The fraction of sp³-hybridized carbons (Fsp3) is 0.500. The summed E-state index contributed by atoms with van der Waals surface area (Å²) in [6.45, 7) is 4.36. The van der Waals surface area contributed by atoms with Crippen LogP contribution in [-0.2, 0) is 9.53 Å². The minimum Gasteiger partial charge on any atom is -0.480 e. The highest BCUT2D eigenvalue weighted by molar-refractivity contribution is 5.93. The summed E-state index contributed by atoms with van der Waals surface area (Å²) in [7, 11) is 0. The molecule has 100 valence electrons. The summed E-state index contributed by atoms with van der Waals surface area (Å²) < 4.78 is 17.4. The van der Waals surface area contributed by atoms with Gasteiger partial charge in [0.1, 0.15) is 11.6 Å². The molecule has 1 atom stereocenters. The Morgan fingerprint density at radius 1 is 1.61 bits per heavy atom. The standard InChI is InChI=1S/C12H17NO5/c1-8(10(14)15)13(9-6-5-7-17-9)11(16)18-12(2,3)4/h5-8H,1-4H3,(H,14,15)/t8-/m0/s1/i2D. The number of ether oxygens (including phenoxy) is 1. The van der Waals surface area contributed by atoms with Crippen LogP contribution in [0.3, 0.4) is 0 Å². The van der Waals surface area contributed by atoms with E-state index < -0.39 is 23.7 Å². The Bertz CT molecular complexity index is 443. The number of aliphatic carboxylic acids is 1. The second-order valence-corrected chi connectivity index (χ2v) is 4.46. The number of carboxylic acids is 1. The van der Waals surface area contributed by atoms with Gasteiger partial charge in [-0.1, -0.05) is 0 Å². The first-order chi connectivity index (χ1) is 8.78. The van der Waals surface area contributed by atoms with E-state index in [1.54, 1.807) is 19.9 Å². The fourth-order valence-electron chi connectivity index (χ4n) is 1.24. The van der Waals surface area contributed by atoms with Crippen LogP contribution in [0.15, 0.2) is 22.8 Å². The van der Waals surface area contributed by atoms with Gasteiger partial charge in [0.25, 0.3) is 0 Å². The van der Waals surface area contributed by atoms with Crippen molar-refractivity contribution in [1.29, 1.82) is 0 Å². The number of hydrogen-bond donors (Lipinski definition) is 1. The van der Waals surface area contributed by atoms with E-state index in [0.29, 0.717) is 0 Å². The van der Waals surface area contributed by atoms with Gasteiger partial charge in [-0.25, -0.2) is 14.5 Å². The maximum Gasteiger partial charge on any atom is 0.417 e. The van der Waals surface area contributed by atoms with E-state index in [-0.39, 0.29) is 12.8 Å². The normalized spacial score (nSPS) is 13.6. The topological polar surface area (TPSA) is 80.0 Å². The first-order valence-electron chi connectivity index (χ1n) is 6.07. The Balaban J connectivity index is 2.98. The Morgan fingerprint density at radius 2 is 2.28 bits per heavy atom. The number of hydrogen-bond acceptors (Lipinski definition) is 4. The highest BCUT2D eigenvalue weighted by Crippen LogP contribution is 2.21. The summed E-state index contributed by atoms with van der Waals surface area (Å²) in [4.78, 5) is 24.0. The molecule has 0 fully saturated rings. The molecular weight excluding hydrogens is 238 g/mol. The van der Waals surface area contributed by atoms with Gasteiger partial charge in [0.05, 0.1) is 6.26 Å². The van der Waals surface area contributed by atoms with Crippen molar-refractivity contribution in [2.45, 2.75) is 39.3 Å². The smallest absolute Gasteiger partial charge is 0.417 e. The van der Waals surface area contributed by atoms with E-state index in [4.69, 9.17) is 15.6 Å². The lowest BCUT2D eigenvalue weighted by Crippen LogP contribution is -2.45. The average molecular weight is 256 g/mol. The molecule has 1 amide bonds. The highest BCUT2D eigenvalue weighted by atomic mass is 16.6. The number of amides is 1. The van der Waals surface area contributed by atoms with E-state index in [2.05, 4.69) is 0 Å². The van der Waals surface area contributed by atoms with E-state index in [9.17, 15) is 9.59 Å². The fourth-order valence-corrected chi connectivity index (χ4v) is 1.24. The first kappa shape index (κ1) is 12.5. The van der Waals surface area contributed by atoms with Gasteiger partial charge >= 0.3 is 12.1 Å². The molecule has 0 saturated heterocycles. The number of carboxylic acid groups (broad SMARTS) is 1. The molecule has 18 heavy (non-hydrogen) atoms. The molecule has 1 rings (SSSR count). The Hall–Kier alpha value is -1.98. The summed E-state index contributed by atoms with van der Waals surface area (Å²) in [6.07, 6.45) is 0.474. The van der Waals surface area contributed by atoms with Crippen LogP contribution in [0.25, 0.3) is 0 Å². The molecule has 1 N–H and O–H groups in total. The Morgan fingerprint density at radius 3 is 2.72 bits per heavy atom. The SMILES string of the molecule is [2H]CC(C)(C)OC(=O)N(c1ccco1)[C@@H](C)C(=O)O. The van der Waals surface area contributed by atoms with Crippen molar-refractivity contribution in [1.82, 2.24) is 0 Å².